The highest BCUT2D eigenvalue weighted by molar-refractivity contribution is 4.87. The highest BCUT2D eigenvalue weighted by atomic mass is 16.3. The van der Waals surface area contributed by atoms with Crippen LogP contribution in [0.3, 0.4) is 0 Å². The maximum absolute atomic E-state index is 10.2. The van der Waals surface area contributed by atoms with E-state index in [2.05, 4.69) is 16.7 Å². The number of aliphatic hydroxyl groups is 1. The Kier molecular flexibility index (Phi) is 4.45. The van der Waals surface area contributed by atoms with Crippen molar-refractivity contribution >= 4 is 0 Å². The van der Waals surface area contributed by atoms with Crippen LogP contribution in [-0.2, 0) is 0 Å². The van der Waals surface area contributed by atoms with Crippen LogP contribution in [-0.4, -0.2) is 59.8 Å². The van der Waals surface area contributed by atoms with E-state index in [1.165, 1.54) is 58.3 Å². The molecule has 3 rings (SSSR count). The molecule has 0 amide bonds. The van der Waals surface area contributed by atoms with Gasteiger partial charge in [0.1, 0.15) is 0 Å². The number of hydrogen-bond acceptors (Lipinski definition) is 3. The van der Waals surface area contributed by atoms with Gasteiger partial charge in [-0.15, -0.1) is 0 Å². The quantitative estimate of drug-likeness (QED) is 0.827. The second kappa shape index (κ2) is 6.11. The molecule has 0 spiro atoms. The third-order valence-corrected chi connectivity index (χ3v) is 5.58. The minimum atomic E-state index is -0.0425. The Morgan fingerprint density at radius 2 is 1.89 bits per heavy atom. The molecule has 3 fully saturated rings. The molecule has 2 heterocycles. The minimum Gasteiger partial charge on any atom is -0.393 e. The Morgan fingerprint density at radius 3 is 2.79 bits per heavy atom. The van der Waals surface area contributed by atoms with Crippen molar-refractivity contribution in [1.82, 2.24) is 9.80 Å². The molecule has 0 aromatic carbocycles. The first kappa shape index (κ1) is 13.8. The second-order valence-corrected chi connectivity index (χ2v) is 7.19. The summed E-state index contributed by atoms with van der Waals surface area (Å²) in [5.74, 6) is 1.33. The first-order chi connectivity index (χ1) is 9.22. The Labute approximate surface area is 118 Å². The molecule has 0 aromatic rings. The van der Waals surface area contributed by atoms with Crippen molar-refractivity contribution in [2.24, 2.45) is 11.8 Å². The largest absolute Gasteiger partial charge is 0.393 e. The molecule has 3 aliphatic rings. The Morgan fingerprint density at radius 1 is 1.05 bits per heavy atom. The summed E-state index contributed by atoms with van der Waals surface area (Å²) >= 11 is 0. The topological polar surface area (TPSA) is 26.7 Å². The zero-order valence-corrected chi connectivity index (χ0v) is 12.4. The predicted molar refractivity (Wildman–Crippen MR) is 78.2 cm³/mol. The summed E-state index contributed by atoms with van der Waals surface area (Å²) in [5, 5.41) is 10.2. The van der Waals surface area contributed by atoms with Crippen LogP contribution in [0.1, 0.15) is 45.4 Å². The molecule has 1 N–H and O–H groups in total. The SMILES string of the molecule is CC1CCC(O)C(CN2CCCN3CCCC3C2)C1. The lowest BCUT2D eigenvalue weighted by Crippen LogP contribution is -2.42. The van der Waals surface area contributed by atoms with Gasteiger partial charge in [0.15, 0.2) is 0 Å². The maximum atomic E-state index is 10.2. The molecule has 3 nitrogen and oxygen atoms in total. The molecule has 1 aliphatic carbocycles. The highest BCUT2D eigenvalue weighted by Gasteiger charge is 2.32. The van der Waals surface area contributed by atoms with E-state index >= 15 is 0 Å². The van der Waals surface area contributed by atoms with Crippen LogP contribution in [0.4, 0.5) is 0 Å². The fraction of sp³-hybridized carbons (Fsp3) is 1.00. The molecule has 2 saturated heterocycles. The summed E-state index contributed by atoms with van der Waals surface area (Å²) in [4.78, 5) is 5.35. The van der Waals surface area contributed by atoms with E-state index in [-0.39, 0.29) is 6.10 Å². The van der Waals surface area contributed by atoms with Gasteiger partial charge in [0.05, 0.1) is 6.10 Å². The van der Waals surface area contributed by atoms with Crippen LogP contribution >= 0.6 is 0 Å². The number of hydrogen-bond donors (Lipinski definition) is 1. The normalized spacial score (nSPS) is 42.0. The lowest BCUT2D eigenvalue weighted by atomic mass is 9.80. The summed E-state index contributed by atoms with van der Waals surface area (Å²) in [6, 6.07) is 0.806. The lowest BCUT2D eigenvalue weighted by molar-refractivity contribution is 0.0294. The Hall–Kier alpha value is -0.120. The average molecular weight is 266 g/mol. The van der Waals surface area contributed by atoms with Gasteiger partial charge in [-0.05, 0) is 70.0 Å². The van der Waals surface area contributed by atoms with Crippen LogP contribution in [0.5, 0.6) is 0 Å². The van der Waals surface area contributed by atoms with Gasteiger partial charge in [-0.1, -0.05) is 6.92 Å². The van der Waals surface area contributed by atoms with Gasteiger partial charge in [0, 0.05) is 19.1 Å². The van der Waals surface area contributed by atoms with E-state index in [1.807, 2.05) is 0 Å². The molecular formula is C16H30N2O. The molecule has 2 aliphatic heterocycles. The van der Waals surface area contributed by atoms with Crippen LogP contribution in [0.25, 0.3) is 0 Å². The van der Waals surface area contributed by atoms with Crippen molar-refractivity contribution in [2.45, 2.75) is 57.6 Å². The smallest absolute Gasteiger partial charge is 0.0580 e. The monoisotopic (exact) mass is 266 g/mol. The lowest BCUT2D eigenvalue weighted by Gasteiger charge is -2.36. The molecule has 0 radical (unpaired) electrons. The average Bonchev–Trinajstić information content (AvgIpc) is 2.73. The van der Waals surface area contributed by atoms with E-state index in [4.69, 9.17) is 0 Å². The maximum Gasteiger partial charge on any atom is 0.0580 e. The molecule has 110 valence electrons. The van der Waals surface area contributed by atoms with E-state index in [1.54, 1.807) is 0 Å². The van der Waals surface area contributed by atoms with E-state index < -0.39 is 0 Å². The summed E-state index contributed by atoms with van der Waals surface area (Å²) in [7, 11) is 0. The molecule has 4 atom stereocenters. The zero-order chi connectivity index (χ0) is 13.2. The first-order valence-corrected chi connectivity index (χ1v) is 8.37. The van der Waals surface area contributed by atoms with Crippen LogP contribution in [0.15, 0.2) is 0 Å². The van der Waals surface area contributed by atoms with Crippen molar-refractivity contribution in [1.29, 1.82) is 0 Å². The molecular weight excluding hydrogens is 236 g/mol. The van der Waals surface area contributed by atoms with Crippen molar-refractivity contribution in [2.75, 3.05) is 32.7 Å². The number of rotatable bonds is 2. The molecule has 0 aromatic heterocycles. The molecule has 1 saturated carbocycles. The molecule has 19 heavy (non-hydrogen) atoms. The second-order valence-electron chi connectivity index (χ2n) is 7.19. The fourth-order valence-corrected chi connectivity index (χ4v) is 4.46. The summed E-state index contributed by atoms with van der Waals surface area (Å²) in [6.45, 7) is 8.59. The van der Waals surface area contributed by atoms with E-state index in [9.17, 15) is 5.11 Å². The molecule has 0 bridgehead atoms. The van der Waals surface area contributed by atoms with Gasteiger partial charge in [0.2, 0.25) is 0 Å². The standard InChI is InChI=1S/C16H30N2O/c1-13-5-6-16(19)14(10-13)11-17-7-3-9-18-8-2-4-15(18)12-17/h13-16,19H,2-12H2,1H3. The fourth-order valence-electron chi connectivity index (χ4n) is 4.46. The Balaban J connectivity index is 1.56. The first-order valence-electron chi connectivity index (χ1n) is 8.37. The zero-order valence-electron chi connectivity index (χ0n) is 12.4. The molecule has 4 unspecified atom stereocenters. The van der Waals surface area contributed by atoms with Crippen molar-refractivity contribution in [3.63, 3.8) is 0 Å². The van der Waals surface area contributed by atoms with E-state index in [0.29, 0.717) is 5.92 Å². The van der Waals surface area contributed by atoms with Gasteiger partial charge in [-0.2, -0.15) is 0 Å². The van der Waals surface area contributed by atoms with Gasteiger partial charge >= 0.3 is 0 Å². The van der Waals surface area contributed by atoms with Crippen molar-refractivity contribution < 1.29 is 5.11 Å². The third kappa shape index (κ3) is 3.32. The predicted octanol–water partition coefficient (Wildman–Crippen LogP) is 1.95. The van der Waals surface area contributed by atoms with Gasteiger partial charge in [-0.25, -0.2) is 0 Å². The van der Waals surface area contributed by atoms with E-state index in [0.717, 1.165) is 24.9 Å². The highest BCUT2D eigenvalue weighted by Crippen LogP contribution is 2.30. The summed E-state index contributed by atoms with van der Waals surface area (Å²) in [6.07, 6.45) is 7.52. The van der Waals surface area contributed by atoms with Crippen molar-refractivity contribution in [3.05, 3.63) is 0 Å². The number of aliphatic hydroxyl groups excluding tert-OH is 1. The van der Waals surface area contributed by atoms with Crippen LogP contribution in [0, 0.1) is 11.8 Å². The summed E-state index contributed by atoms with van der Waals surface area (Å²) in [5.41, 5.74) is 0. The Bertz CT molecular complexity index is 296. The number of nitrogens with zero attached hydrogens (tertiary/aromatic N) is 2. The minimum absolute atomic E-state index is 0.0425. The number of fused-ring (bicyclic) bond motifs is 1. The van der Waals surface area contributed by atoms with Gasteiger partial charge in [-0.3, -0.25) is 4.90 Å². The molecule has 3 heteroatoms. The summed E-state index contributed by atoms with van der Waals surface area (Å²) < 4.78 is 0. The van der Waals surface area contributed by atoms with Crippen LogP contribution < -0.4 is 0 Å². The van der Waals surface area contributed by atoms with Gasteiger partial charge in [0.25, 0.3) is 0 Å². The van der Waals surface area contributed by atoms with Gasteiger partial charge < -0.3 is 10.0 Å². The van der Waals surface area contributed by atoms with Crippen molar-refractivity contribution in [3.8, 4) is 0 Å². The van der Waals surface area contributed by atoms with Crippen LogP contribution in [0.2, 0.25) is 0 Å². The third-order valence-electron chi connectivity index (χ3n) is 5.58.